The largest absolute Gasteiger partial charge is 0.497 e. The number of hydrogen-bond donors (Lipinski definition) is 1. The lowest BCUT2D eigenvalue weighted by Crippen LogP contribution is -2.14. The van der Waals surface area contributed by atoms with Gasteiger partial charge in [-0.2, -0.15) is 0 Å². The van der Waals surface area contributed by atoms with Crippen LogP contribution in [0.4, 0.5) is 5.00 Å². The highest BCUT2D eigenvalue weighted by Crippen LogP contribution is 2.37. The molecular formula is C18H20ClNO4S. The molecule has 0 fully saturated rings. The average Bonchev–Trinajstić information content (AvgIpc) is 3.03. The molecule has 2 rings (SSSR count). The number of esters is 1. The van der Waals surface area contributed by atoms with Crippen molar-refractivity contribution in [2.75, 3.05) is 24.9 Å². The van der Waals surface area contributed by atoms with Crippen molar-refractivity contribution < 1.29 is 19.1 Å². The number of anilines is 1. The number of benzene rings is 1. The lowest BCUT2D eigenvalue weighted by molar-refractivity contribution is -0.116. The van der Waals surface area contributed by atoms with Crippen molar-refractivity contribution in [2.45, 2.75) is 19.8 Å². The summed E-state index contributed by atoms with van der Waals surface area (Å²) in [6.45, 7) is 2.01. The van der Waals surface area contributed by atoms with Crippen LogP contribution >= 0.6 is 22.9 Å². The zero-order valence-corrected chi connectivity index (χ0v) is 15.7. The van der Waals surface area contributed by atoms with E-state index in [0.29, 0.717) is 29.3 Å². The molecule has 0 saturated carbocycles. The number of hydrogen-bond acceptors (Lipinski definition) is 5. The van der Waals surface area contributed by atoms with Crippen LogP contribution in [0.15, 0.2) is 29.6 Å². The van der Waals surface area contributed by atoms with Gasteiger partial charge in [-0.3, -0.25) is 4.79 Å². The molecule has 0 saturated heterocycles. The van der Waals surface area contributed by atoms with E-state index in [1.165, 1.54) is 11.3 Å². The third-order valence-electron chi connectivity index (χ3n) is 3.46. The fourth-order valence-corrected chi connectivity index (χ4v) is 3.36. The molecule has 5 nitrogen and oxygen atoms in total. The van der Waals surface area contributed by atoms with E-state index in [-0.39, 0.29) is 12.5 Å². The highest BCUT2D eigenvalue weighted by atomic mass is 35.5. The van der Waals surface area contributed by atoms with E-state index in [2.05, 4.69) is 5.32 Å². The van der Waals surface area contributed by atoms with Crippen molar-refractivity contribution in [3.63, 3.8) is 0 Å². The van der Waals surface area contributed by atoms with Crippen LogP contribution in [0, 0.1) is 0 Å². The molecule has 134 valence electrons. The molecule has 0 spiro atoms. The maximum absolute atomic E-state index is 12.4. The van der Waals surface area contributed by atoms with Crippen LogP contribution < -0.4 is 10.1 Å². The van der Waals surface area contributed by atoms with E-state index in [9.17, 15) is 9.59 Å². The number of alkyl halides is 1. The molecule has 2 aromatic rings. The topological polar surface area (TPSA) is 64.6 Å². The summed E-state index contributed by atoms with van der Waals surface area (Å²) < 4.78 is 10.3. The highest BCUT2D eigenvalue weighted by Gasteiger charge is 2.22. The van der Waals surface area contributed by atoms with E-state index in [1.54, 1.807) is 14.0 Å². The van der Waals surface area contributed by atoms with Crippen molar-refractivity contribution in [1.82, 2.24) is 0 Å². The minimum atomic E-state index is -0.456. The van der Waals surface area contributed by atoms with E-state index in [0.717, 1.165) is 16.9 Å². The molecule has 0 aliphatic rings. The molecular weight excluding hydrogens is 362 g/mol. The molecule has 1 aromatic carbocycles. The molecule has 0 radical (unpaired) electrons. The first kappa shape index (κ1) is 19.3. The first-order valence-electron chi connectivity index (χ1n) is 7.89. The summed E-state index contributed by atoms with van der Waals surface area (Å²) in [5, 5.41) is 5.12. The zero-order chi connectivity index (χ0) is 18.2. The van der Waals surface area contributed by atoms with Gasteiger partial charge in [0.1, 0.15) is 16.3 Å². The van der Waals surface area contributed by atoms with Crippen LogP contribution in [0.5, 0.6) is 5.75 Å². The molecule has 0 bridgehead atoms. The first-order chi connectivity index (χ1) is 12.1. The van der Waals surface area contributed by atoms with Gasteiger partial charge >= 0.3 is 5.97 Å². The van der Waals surface area contributed by atoms with Crippen molar-refractivity contribution in [3.05, 3.63) is 35.2 Å². The van der Waals surface area contributed by atoms with Gasteiger partial charge in [0.15, 0.2) is 0 Å². The van der Waals surface area contributed by atoms with Gasteiger partial charge in [0.25, 0.3) is 0 Å². The number of methoxy groups -OCH3 is 1. The molecule has 1 aromatic heterocycles. The number of halogens is 1. The maximum Gasteiger partial charge on any atom is 0.341 e. The van der Waals surface area contributed by atoms with Gasteiger partial charge in [-0.1, -0.05) is 12.1 Å². The monoisotopic (exact) mass is 381 g/mol. The van der Waals surface area contributed by atoms with Crippen LogP contribution in [0.25, 0.3) is 11.1 Å². The number of ether oxygens (including phenoxy) is 2. The van der Waals surface area contributed by atoms with E-state index in [4.69, 9.17) is 21.1 Å². The summed E-state index contributed by atoms with van der Waals surface area (Å²) in [5.41, 5.74) is 1.94. The molecule has 1 heterocycles. The summed E-state index contributed by atoms with van der Waals surface area (Å²) in [7, 11) is 1.60. The average molecular weight is 382 g/mol. The Morgan fingerprint density at radius 2 is 1.96 bits per heavy atom. The Hall–Kier alpha value is -2.05. The molecule has 1 N–H and O–H groups in total. The van der Waals surface area contributed by atoms with E-state index < -0.39 is 5.97 Å². The van der Waals surface area contributed by atoms with Gasteiger partial charge in [0.2, 0.25) is 5.91 Å². The molecule has 0 aliphatic carbocycles. The summed E-state index contributed by atoms with van der Waals surface area (Å²) >= 11 is 6.92. The van der Waals surface area contributed by atoms with Crippen LogP contribution in [-0.4, -0.2) is 31.5 Å². The summed E-state index contributed by atoms with van der Waals surface area (Å²) in [4.78, 5) is 24.4. The summed E-state index contributed by atoms with van der Waals surface area (Å²) in [6, 6.07) is 7.37. The van der Waals surface area contributed by atoms with Gasteiger partial charge in [-0.25, -0.2) is 4.79 Å². The van der Waals surface area contributed by atoms with Crippen LogP contribution in [-0.2, 0) is 9.53 Å². The highest BCUT2D eigenvalue weighted by molar-refractivity contribution is 7.15. The minimum absolute atomic E-state index is 0.172. The molecule has 25 heavy (non-hydrogen) atoms. The maximum atomic E-state index is 12.4. The van der Waals surface area contributed by atoms with Crippen molar-refractivity contribution in [1.29, 1.82) is 0 Å². The third-order valence-corrected chi connectivity index (χ3v) is 4.62. The van der Waals surface area contributed by atoms with Gasteiger partial charge in [-0.15, -0.1) is 22.9 Å². The van der Waals surface area contributed by atoms with Gasteiger partial charge < -0.3 is 14.8 Å². The molecule has 7 heteroatoms. The van der Waals surface area contributed by atoms with Crippen molar-refractivity contribution in [2.24, 2.45) is 0 Å². The van der Waals surface area contributed by atoms with Gasteiger partial charge in [0.05, 0.1) is 13.7 Å². The Labute approximate surface area is 155 Å². The third kappa shape index (κ3) is 4.96. The number of carbonyl (C=O) groups is 2. The first-order valence-corrected chi connectivity index (χ1v) is 9.31. The number of thiophene rings is 1. The number of amides is 1. The molecule has 0 unspecified atom stereocenters. The normalized spacial score (nSPS) is 10.4. The molecule has 1 amide bonds. The Morgan fingerprint density at radius 1 is 1.24 bits per heavy atom. The Bertz CT molecular complexity index is 727. The van der Waals surface area contributed by atoms with Crippen LogP contribution in [0.3, 0.4) is 0 Å². The second-order valence-electron chi connectivity index (χ2n) is 5.14. The lowest BCUT2D eigenvalue weighted by Gasteiger charge is -2.09. The summed E-state index contributed by atoms with van der Waals surface area (Å²) in [6.07, 6.45) is 0.889. The fourth-order valence-electron chi connectivity index (χ4n) is 2.26. The van der Waals surface area contributed by atoms with Crippen LogP contribution in [0.1, 0.15) is 30.1 Å². The van der Waals surface area contributed by atoms with E-state index in [1.807, 2.05) is 29.6 Å². The predicted octanol–water partition coefficient (Wildman–Crippen LogP) is 4.56. The Balaban J connectivity index is 2.35. The quantitative estimate of drug-likeness (QED) is 0.537. The van der Waals surface area contributed by atoms with Gasteiger partial charge in [0, 0.05) is 23.2 Å². The second-order valence-corrected chi connectivity index (χ2v) is 6.40. The van der Waals surface area contributed by atoms with Crippen LogP contribution in [0.2, 0.25) is 0 Å². The molecule has 0 aliphatic heterocycles. The number of carbonyl (C=O) groups excluding carboxylic acids is 2. The minimum Gasteiger partial charge on any atom is -0.497 e. The van der Waals surface area contributed by atoms with Crippen molar-refractivity contribution in [3.8, 4) is 16.9 Å². The SMILES string of the molecule is CCOC(=O)c1c(-c2ccc(OC)cc2)csc1NC(=O)CCCCl. The van der Waals surface area contributed by atoms with E-state index >= 15 is 0 Å². The fraction of sp³-hybridized carbons (Fsp3) is 0.333. The van der Waals surface area contributed by atoms with Crippen molar-refractivity contribution >= 4 is 39.8 Å². The standard InChI is InChI=1S/C18H20ClNO4S/c1-3-24-18(22)16-14(12-6-8-13(23-2)9-7-12)11-25-17(16)20-15(21)5-4-10-19/h6-9,11H,3-5,10H2,1-2H3,(H,20,21). The Morgan fingerprint density at radius 3 is 2.56 bits per heavy atom. The predicted molar refractivity (Wildman–Crippen MR) is 101 cm³/mol. The second kappa shape index (κ2) is 9.44. The number of nitrogens with one attached hydrogen (secondary N) is 1. The number of rotatable bonds is 8. The Kier molecular flexibility index (Phi) is 7.28. The smallest absolute Gasteiger partial charge is 0.341 e. The molecule has 0 atom stereocenters. The van der Waals surface area contributed by atoms with Gasteiger partial charge in [-0.05, 0) is 31.0 Å². The summed E-state index contributed by atoms with van der Waals surface area (Å²) in [5.74, 6) is 0.516. The lowest BCUT2D eigenvalue weighted by atomic mass is 10.0. The zero-order valence-electron chi connectivity index (χ0n) is 14.1.